The number of carboxylic acids is 1. The maximum atomic E-state index is 10.7. The molecule has 1 aromatic carbocycles. The predicted octanol–water partition coefficient (Wildman–Crippen LogP) is 1.20. The molecule has 2 atom stereocenters. The number of carbonyl (C=O) groups is 1. The van der Waals surface area contributed by atoms with Gasteiger partial charge >= 0.3 is 5.97 Å². The summed E-state index contributed by atoms with van der Waals surface area (Å²) >= 11 is 0. The number of nitrogens with two attached hydrogens (primary N) is 1. The lowest BCUT2D eigenvalue weighted by Crippen LogP contribution is -2.35. The van der Waals surface area contributed by atoms with E-state index in [-0.39, 0.29) is 6.90 Å². The quantitative estimate of drug-likeness (QED) is 0.734. The molecule has 0 radical (unpaired) electrons. The summed E-state index contributed by atoms with van der Waals surface area (Å²) in [5, 5.41) is 8.74. The first-order chi connectivity index (χ1) is 6.66. The van der Waals surface area contributed by atoms with E-state index < -0.39 is 17.9 Å². The number of rotatable bonds is 3. The molecule has 0 saturated heterocycles. The molecule has 0 saturated carbocycles. The van der Waals surface area contributed by atoms with Gasteiger partial charge in [-0.3, -0.25) is 4.79 Å². The van der Waals surface area contributed by atoms with E-state index in [1.54, 1.807) is 12.1 Å². The second-order valence-electron chi connectivity index (χ2n) is 2.88. The van der Waals surface area contributed by atoms with Crippen molar-refractivity contribution in [2.45, 2.75) is 18.9 Å². The number of aliphatic carboxylic acids is 1. The molecule has 3 heteroatoms. The fourth-order valence-corrected chi connectivity index (χ4v) is 1.08. The van der Waals surface area contributed by atoms with Crippen LogP contribution < -0.4 is 5.73 Å². The van der Waals surface area contributed by atoms with Crippen molar-refractivity contribution in [1.29, 1.82) is 0 Å². The van der Waals surface area contributed by atoms with Gasteiger partial charge in [0.1, 0.15) is 6.04 Å². The molecule has 3 N–H and O–H groups in total. The van der Waals surface area contributed by atoms with Crippen molar-refractivity contribution >= 4 is 5.97 Å². The van der Waals surface area contributed by atoms with Crippen LogP contribution in [0.4, 0.5) is 0 Å². The van der Waals surface area contributed by atoms with Crippen molar-refractivity contribution in [1.82, 2.24) is 0 Å². The normalized spacial score (nSPS) is 15.9. The summed E-state index contributed by atoms with van der Waals surface area (Å²) in [6.07, 6.45) is 0. The Hall–Kier alpha value is -1.35. The Balaban J connectivity index is 2.87. The third kappa shape index (κ3) is 2.29. The zero-order valence-electron chi connectivity index (χ0n) is 8.18. The first-order valence-electron chi connectivity index (χ1n) is 4.70. The third-order valence-electron chi connectivity index (χ3n) is 1.95. The zero-order chi connectivity index (χ0) is 10.6. The van der Waals surface area contributed by atoms with E-state index in [9.17, 15) is 4.79 Å². The number of benzene rings is 1. The molecule has 1 unspecified atom stereocenters. The summed E-state index contributed by atoms with van der Waals surface area (Å²) < 4.78 is 7.28. The smallest absolute Gasteiger partial charge is 0.321 e. The first kappa shape index (κ1) is 8.26. The topological polar surface area (TPSA) is 63.3 Å². The van der Waals surface area contributed by atoms with Crippen molar-refractivity contribution in [3.8, 4) is 0 Å². The first-order valence-corrected chi connectivity index (χ1v) is 3.99. The Bertz CT molecular complexity index is 302. The maximum Gasteiger partial charge on any atom is 0.321 e. The number of hydrogen-bond donors (Lipinski definition) is 2. The molecule has 13 heavy (non-hydrogen) atoms. The van der Waals surface area contributed by atoms with Crippen molar-refractivity contribution < 1.29 is 11.3 Å². The Morgan fingerprint density at radius 1 is 1.54 bits per heavy atom. The Kier molecular flexibility index (Phi) is 2.57. The molecule has 0 bridgehead atoms. The van der Waals surface area contributed by atoms with E-state index in [4.69, 9.17) is 12.2 Å². The second-order valence-corrected chi connectivity index (χ2v) is 2.88. The lowest BCUT2D eigenvalue weighted by Gasteiger charge is -2.15. The zero-order valence-corrected chi connectivity index (χ0v) is 7.18. The van der Waals surface area contributed by atoms with Crippen LogP contribution in [0.25, 0.3) is 0 Å². The molecule has 1 aromatic rings. The molecule has 0 aliphatic heterocycles. The predicted molar refractivity (Wildman–Crippen MR) is 50.5 cm³/mol. The van der Waals surface area contributed by atoms with Crippen LogP contribution in [0.5, 0.6) is 0 Å². The monoisotopic (exact) mass is 180 g/mol. The van der Waals surface area contributed by atoms with Gasteiger partial charge in [0.2, 0.25) is 0 Å². The molecule has 0 aliphatic rings. The highest BCUT2D eigenvalue weighted by atomic mass is 16.4. The molecular formula is C10H13NO2. The molecule has 0 aliphatic carbocycles. The van der Waals surface area contributed by atoms with Crippen LogP contribution in [-0.4, -0.2) is 17.1 Å². The van der Waals surface area contributed by atoms with Gasteiger partial charge in [0.05, 0.1) is 0 Å². The fourth-order valence-electron chi connectivity index (χ4n) is 1.08. The van der Waals surface area contributed by atoms with Crippen LogP contribution >= 0.6 is 0 Å². The van der Waals surface area contributed by atoms with Gasteiger partial charge < -0.3 is 10.8 Å². The third-order valence-corrected chi connectivity index (χ3v) is 1.95. The minimum Gasteiger partial charge on any atom is -0.480 e. The van der Waals surface area contributed by atoms with E-state index in [0.29, 0.717) is 0 Å². The van der Waals surface area contributed by atoms with Gasteiger partial charge in [0, 0.05) is 7.29 Å². The molecule has 0 aromatic heterocycles. The highest BCUT2D eigenvalue weighted by Crippen LogP contribution is 2.17. The Morgan fingerprint density at radius 2 is 2.15 bits per heavy atom. The summed E-state index contributed by atoms with van der Waals surface area (Å²) in [6.45, 7) is -0.0164. The molecule has 0 amide bonds. The van der Waals surface area contributed by atoms with E-state index in [0.717, 1.165) is 5.56 Å². The summed E-state index contributed by atoms with van der Waals surface area (Å²) in [7, 11) is 0. The average molecular weight is 180 g/mol. The highest BCUT2D eigenvalue weighted by molar-refractivity contribution is 5.74. The van der Waals surface area contributed by atoms with E-state index in [2.05, 4.69) is 0 Å². The number of carboxylic acid groups (broad SMARTS) is 1. The van der Waals surface area contributed by atoms with Crippen LogP contribution in [0.15, 0.2) is 30.3 Å². The molecule has 0 heterocycles. The van der Waals surface area contributed by atoms with Gasteiger partial charge in [-0.05, 0) is 5.56 Å². The van der Waals surface area contributed by atoms with Gasteiger partial charge in [0.15, 0.2) is 0 Å². The molecule has 0 spiro atoms. The van der Waals surface area contributed by atoms with Gasteiger partial charge in [-0.25, -0.2) is 0 Å². The summed E-state index contributed by atoms with van der Waals surface area (Å²) in [6, 6.07) is 8.05. The van der Waals surface area contributed by atoms with Crippen LogP contribution in [0.1, 0.15) is 19.8 Å². The molecule has 70 valence electrons. The largest absolute Gasteiger partial charge is 0.480 e. The van der Waals surface area contributed by atoms with Crippen LogP contribution in [0.3, 0.4) is 0 Å². The van der Waals surface area contributed by atoms with Crippen molar-refractivity contribution in [3.63, 3.8) is 0 Å². The second kappa shape index (κ2) is 4.05. The Morgan fingerprint density at radius 3 is 2.62 bits per heavy atom. The van der Waals surface area contributed by atoms with Crippen LogP contribution in [0.2, 0.25) is 0 Å². The lowest BCUT2D eigenvalue weighted by atomic mass is 9.94. The Labute approximate surface area is 78.6 Å². The minimum absolute atomic E-state index is 0.0164. The van der Waals surface area contributed by atoms with Crippen molar-refractivity contribution in [2.75, 3.05) is 0 Å². The summed E-state index contributed by atoms with van der Waals surface area (Å²) in [4.78, 5) is 10.7. The number of hydrogen-bond acceptors (Lipinski definition) is 2. The summed E-state index contributed by atoms with van der Waals surface area (Å²) in [5.74, 6) is -1.50. The molecule has 3 nitrogen and oxygen atoms in total. The van der Waals surface area contributed by atoms with E-state index >= 15 is 0 Å². The van der Waals surface area contributed by atoms with Crippen molar-refractivity contribution in [2.24, 2.45) is 5.73 Å². The maximum absolute atomic E-state index is 10.7. The molecule has 0 fully saturated rings. The van der Waals surface area contributed by atoms with Crippen LogP contribution in [0, 0.1) is 0 Å². The SMILES string of the molecule is [2H]CC(c1ccccc1)[C@H](N)C(=O)O. The molecule has 1 rings (SSSR count). The van der Waals surface area contributed by atoms with Crippen molar-refractivity contribution in [3.05, 3.63) is 35.9 Å². The van der Waals surface area contributed by atoms with Gasteiger partial charge in [-0.15, -0.1) is 0 Å². The van der Waals surface area contributed by atoms with E-state index in [1.807, 2.05) is 18.2 Å². The highest BCUT2D eigenvalue weighted by Gasteiger charge is 2.20. The van der Waals surface area contributed by atoms with Crippen LogP contribution in [-0.2, 0) is 4.79 Å². The lowest BCUT2D eigenvalue weighted by molar-refractivity contribution is -0.139. The van der Waals surface area contributed by atoms with Gasteiger partial charge in [0.25, 0.3) is 0 Å². The fraction of sp³-hybridized carbons (Fsp3) is 0.300. The minimum atomic E-state index is -1.06. The summed E-state index contributed by atoms with van der Waals surface area (Å²) in [5.41, 5.74) is 6.29. The van der Waals surface area contributed by atoms with Gasteiger partial charge in [-0.2, -0.15) is 0 Å². The molecular weight excluding hydrogens is 166 g/mol. The van der Waals surface area contributed by atoms with E-state index in [1.165, 1.54) is 0 Å². The standard InChI is InChI=1S/C10H13NO2/c1-7(9(11)10(12)13)8-5-3-2-4-6-8/h2-7,9H,11H2,1H3,(H,12,13)/t7?,9-/m0/s1/i1D. The average Bonchev–Trinajstić information content (AvgIpc) is 2.20. The van der Waals surface area contributed by atoms with Gasteiger partial charge in [-0.1, -0.05) is 37.2 Å².